The lowest BCUT2D eigenvalue weighted by Crippen LogP contribution is -2.30. The number of benzene rings is 1. The number of hydrogen-bond acceptors (Lipinski definition) is 6. The summed E-state index contributed by atoms with van der Waals surface area (Å²) < 4.78 is 5.30. The van der Waals surface area contributed by atoms with Gasteiger partial charge in [-0.3, -0.25) is 9.78 Å². The number of likely N-dealkylation sites (tertiary alicyclic amines) is 1. The van der Waals surface area contributed by atoms with E-state index in [-0.39, 0.29) is 17.1 Å². The predicted octanol–water partition coefficient (Wildman–Crippen LogP) is 5.13. The molecule has 3 aromatic rings. The first-order chi connectivity index (χ1) is 17.0. The molecule has 1 saturated heterocycles. The topological polar surface area (TPSA) is 84.2 Å². The van der Waals surface area contributed by atoms with Crippen LogP contribution in [-0.4, -0.2) is 39.0 Å². The van der Waals surface area contributed by atoms with Crippen LogP contribution in [0.3, 0.4) is 0 Å². The molecule has 1 aromatic carbocycles. The number of rotatable bonds is 7. The molecule has 3 heterocycles. The number of nitrogens with zero attached hydrogens (tertiary/aromatic N) is 4. The van der Waals surface area contributed by atoms with E-state index in [0.29, 0.717) is 18.4 Å². The average Bonchev–Trinajstić information content (AvgIpc) is 3.41. The van der Waals surface area contributed by atoms with Crippen molar-refractivity contribution >= 4 is 5.91 Å². The lowest BCUT2D eigenvalue weighted by Gasteiger charge is -2.33. The summed E-state index contributed by atoms with van der Waals surface area (Å²) in [4.78, 5) is 23.7. The molecule has 1 unspecified atom stereocenters. The summed E-state index contributed by atoms with van der Waals surface area (Å²) in [5.74, 6) is 0.805. The number of aryl methyl sites for hydroxylation is 1. The van der Waals surface area contributed by atoms with Crippen molar-refractivity contribution in [3.05, 3.63) is 77.3 Å². The lowest BCUT2D eigenvalue weighted by atomic mass is 9.86. The third-order valence-electron chi connectivity index (χ3n) is 7.34. The number of hydrogen-bond donors (Lipinski definition) is 1. The second kappa shape index (κ2) is 9.64. The first-order valence-corrected chi connectivity index (χ1v) is 12.5. The van der Waals surface area contributed by atoms with Gasteiger partial charge in [-0.25, -0.2) is 0 Å². The third kappa shape index (κ3) is 4.99. The van der Waals surface area contributed by atoms with Gasteiger partial charge in [-0.2, -0.15) is 4.98 Å². The largest absolute Gasteiger partial charge is 0.377 e. The van der Waals surface area contributed by atoms with Gasteiger partial charge in [0.2, 0.25) is 5.89 Å². The van der Waals surface area contributed by atoms with E-state index < -0.39 is 0 Å². The van der Waals surface area contributed by atoms with E-state index in [1.807, 2.05) is 12.4 Å². The molecular weight excluding hydrogens is 438 g/mol. The van der Waals surface area contributed by atoms with Gasteiger partial charge in [0.1, 0.15) is 0 Å². The molecule has 2 aliphatic rings. The van der Waals surface area contributed by atoms with Gasteiger partial charge < -0.3 is 14.7 Å². The molecule has 1 amide bonds. The molecule has 1 aliphatic carbocycles. The highest BCUT2D eigenvalue weighted by Crippen LogP contribution is 2.46. The average molecular weight is 472 g/mol. The normalized spacial score (nSPS) is 19.2. The van der Waals surface area contributed by atoms with E-state index in [1.54, 1.807) is 0 Å². The Hall–Kier alpha value is -3.48. The molecule has 1 saturated carbocycles. The zero-order chi connectivity index (χ0) is 24.4. The van der Waals surface area contributed by atoms with Crippen molar-refractivity contribution in [3.63, 3.8) is 0 Å². The SMILES string of the molecule is CC=CN1CCCC(c2cnccc2-c2ccc(CNC(=O)c3noc(C4(C)CC4)n3)c(C)c2)C1. The monoisotopic (exact) mass is 471 g/mol. The van der Waals surface area contributed by atoms with E-state index in [4.69, 9.17) is 4.52 Å². The molecule has 1 atom stereocenters. The quantitative estimate of drug-likeness (QED) is 0.514. The van der Waals surface area contributed by atoms with Gasteiger partial charge in [0.15, 0.2) is 0 Å². The molecule has 0 bridgehead atoms. The van der Waals surface area contributed by atoms with Gasteiger partial charge >= 0.3 is 0 Å². The van der Waals surface area contributed by atoms with E-state index in [1.165, 1.54) is 29.5 Å². The minimum Gasteiger partial charge on any atom is -0.377 e. The standard InChI is InChI=1S/C28H33N5O2/c1-4-13-33-14-5-6-22(18-33)24-17-29-12-9-23(24)20-7-8-21(19(2)15-20)16-30-26(34)25-31-27(35-32-25)28(3)10-11-28/h4,7-9,12-13,15,17,22H,5-6,10-11,14,16,18H2,1-3H3,(H,30,34). The number of nitrogens with one attached hydrogen (secondary N) is 1. The van der Waals surface area contributed by atoms with Crippen LogP contribution in [0.5, 0.6) is 0 Å². The Kier molecular flexibility index (Phi) is 6.41. The van der Waals surface area contributed by atoms with Crippen molar-refractivity contribution < 1.29 is 9.32 Å². The molecule has 2 aromatic heterocycles. The molecular formula is C28H33N5O2. The van der Waals surface area contributed by atoms with E-state index in [2.05, 4.69) is 82.7 Å². The fourth-order valence-electron chi connectivity index (χ4n) is 4.88. The minimum atomic E-state index is -0.313. The number of amides is 1. The van der Waals surface area contributed by atoms with Gasteiger partial charge in [0.05, 0.1) is 0 Å². The molecule has 7 heteroatoms. The van der Waals surface area contributed by atoms with Crippen LogP contribution in [0.25, 0.3) is 11.1 Å². The number of allylic oxidation sites excluding steroid dienone is 1. The van der Waals surface area contributed by atoms with Gasteiger partial charge in [-0.1, -0.05) is 36.4 Å². The van der Waals surface area contributed by atoms with Crippen LogP contribution in [0.2, 0.25) is 0 Å². The van der Waals surface area contributed by atoms with Crippen molar-refractivity contribution in [3.8, 4) is 11.1 Å². The summed E-state index contributed by atoms with van der Waals surface area (Å²) >= 11 is 0. The lowest BCUT2D eigenvalue weighted by molar-refractivity contribution is 0.0937. The van der Waals surface area contributed by atoms with Crippen LogP contribution < -0.4 is 5.32 Å². The fraction of sp³-hybridized carbons (Fsp3) is 0.429. The summed E-state index contributed by atoms with van der Waals surface area (Å²) in [5.41, 5.74) is 5.86. The van der Waals surface area contributed by atoms with Crippen LogP contribution >= 0.6 is 0 Å². The maximum absolute atomic E-state index is 12.6. The zero-order valence-electron chi connectivity index (χ0n) is 20.8. The highest BCUT2D eigenvalue weighted by Gasteiger charge is 2.44. The summed E-state index contributed by atoms with van der Waals surface area (Å²) in [6.45, 7) is 8.77. The summed E-state index contributed by atoms with van der Waals surface area (Å²) in [6, 6.07) is 8.55. The van der Waals surface area contributed by atoms with E-state index >= 15 is 0 Å². The Morgan fingerprint density at radius 2 is 2.17 bits per heavy atom. The smallest absolute Gasteiger partial charge is 0.292 e. The maximum atomic E-state index is 12.6. The number of aromatic nitrogens is 3. The number of carbonyl (C=O) groups is 1. The first kappa shape index (κ1) is 23.3. The van der Waals surface area contributed by atoms with Gasteiger partial charge in [0, 0.05) is 43.4 Å². The Morgan fingerprint density at radius 1 is 1.31 bits per heavy atom. The van der Waals surface area contributed by atoms with Crippen molar-refractivity contribution in [1.29, 1.82) is 0 Å². The Labute approximate surface area is 206 Å². The molecule has 2 fully saturated rings. The second-order valence-corrected chi connectivity index (χ2v) is 10.1. The summed E-state index contributed by atoms with van der Waals surface area (Å²) in [5, 5.41) is 6.80. The molecule has 1 aliphatic heterocycles. The first-order valence-electron chi connectivity index (χ1n) is 12.5. The van der Waals surface area contributed by atoms with Crippen LogP contribution in [0.1, 0.15) is 78.6 Å². The summed E-state index contributed by atoms with van der Waals surface area (Å²) in [6.07, 6.45) is 12.6. The van der Waals surface area contributed by atoms with Crippen molar-refractivity contribution in [2.75, 3.05) is 13.1 Å². The molecule has 0 radical (unpaired) electrons. The van der Waals surface area contributed by atoms with Crippen LogP contribution in [0, 0.1) is 6.92 Å². The van der Waals surface area contributed by atoms with Crippen molar-refractivity contribution in [1.82, 2.24) is 25.3 Å². The van der Waals surface area contributed by atoms with E-state index in [0.717, 1.165) is 37.1 Å². The number of carbonyl (C=O) groups excluding carboxylic acids is 1. The predicted molar refractivity (Wildman–Crippen MR) is 135 cm³/mol. The van der Waals surface area contributed by atoms with Gasteiger partial charge in [0.25, 0.3) is 11.7 Å². The zero-order valence-corrected chi connectivity index (χ0v) is 20.8. The molecule has 0 spiro atoms. The van der Waals surface area contributed by atoms with Gasteiger partial charge in [-0.05, 0) is 79.6 Å². The highest BCUT2D eigenvalue weighted by molar-refractivity contribution is 5.90. The Balaban J connectivity index is 1.29. The third-order valence-corrected chi connectivity index (χ3v) is 7.34. The van der Waals surface area contributed by atoms with E-state index in [9.17, 15) is 4.79 Å². The molecule has 35 heavy (non-hydrogen) atoms. The van der Waals surface area contributed by atoms with Gasteiger partial charge in [-0.15, -0.1) is 0 Å². The molecule has 5 rings (SSSR count). The van der Waals surface area contributed by atoms with Crippen LogP contribution in [0.4, 0.5) is 0 Å². The highest BCUT2D eigenvalue weighted by atomic mass is 16.5. The van der Waals surface area contributed by atoms with Crippen molar-refractivity contribution in [2.24, 2.45) is 0 Å². The Morgan fingerprint density at radius 3 is 2.94 bits per heavy atom. The molecule has 1 N–H and O–H groups in total. The van der Waals surface area contributed by atoms with Crippen molar-refractivity contribution in [2.45, 2.75) is 64.3 Å². The van der Waals surface area contributed by atoms with Crippen LogP contribution in [0.15, 0.2) is 53.5 Å². The fourth-order valence-corrected chi connectivity index (χ4v) is 4.88. The minimum absolute atomic E-state index is 0.0492. The molecule has 182 valence electrons. The van der Waals surface area contributed by atoms with Crippen LogP contribution in [-0.2, 0) is 12.0 Å². The number of piperidine rings is 1. The second-order valence-electron chi connectivity index (χ2n) is 10.1. The summed E-state index contributed by atoms with van der Waals surface area (Å²) in [7, 11) is 0. The maximum Gasteiger partial charge on any atom is 0.292 e. The number of pyridine rings is 1. The Bertz CT molecular complexity index is 1240. The molecule has 7 nitrogen and oxygen atoms in total.